The van der Waals surface area contributed by atoms with E-state index in [2.05, 4.69) is 50.5 Å². The van der Waals surface area contributed by atoms with Crippen LogP contribution >= 0.6 is 0 Å². The monoisotopic (exact) mass is 546 g/mol. The highest BCUT2D eigenvalue weighted by Gasteiger charge is 2.24. The summed E-state index contributed by atoms with van der Waals surface area (Å²) in [5, 5.41) is 4.97. The number of aromatic nitrogens is 2. The molecule has 4 N–H and O–H groups in total. The highest BCUT2D eigenvalue weighted by molar-refractivity contribution is 6.19. The molecule has 2 aliphatic rings. The Morgan fingerprint density at radius 2 is 1.73 bits per heavy atom. The molecule has 7 rings (SSSR count). The van der Waals surface area contributed by atoms with E-state index in [-0.39, 0.29) is 11.7 Å². The number of nitrogens with zero attached hydrogens (tertiary/aromatic N) is 3. The molecule has 3 aromatic carbocycles. The number of hydrogen-bond donors (Lipinski definition) is 3. The van der Waals surface area contributed by atoms with Crippen LogP contribution in [0.25, 0.3) is 32.9 Å². The van der Waals surface area contributed by atoms with Gasteiger partial charge in [-0.25, -0.2) is 9.78 Å². The van der Waals surface area contributed by atoms with Gasteiger partial charge in [-0.3, -0.25) is 4.79 Å². The van der Waals surface area contributed by atoms with Crippen LogP contribution in [0, 0.1) is 6.92 Å². The molecule has 1 saturated heterocycles. The van der Waals surface area contributed by atoms with E-state index in [1.807, 2.05) is 42.2 Å². The molecule has 2 aliphatic heterocycles. The molecule has 206 valence electrons. The Labute approximate surface area is 236 Å². The molecule has 2 aromatic heterocycles. The third kappa shape index (κ3) is 4.35. The number of urea groups is 1. The number of nitrogens with one attached hydrogen (secondary N) is 2. The summed E-state index contributed by atoms with van der Waals surface area (Å²) >= 11 is 0. The van der Waals surface area contributed by atoms with Gasteiger partial charge >= 0.3 is 6.03 Å². The van der Waals surface area contributed by atoms with Gasteiger partial charge in [0.1, 0.15) is 0 Å². The van der Waals surface area contributed by atoms with Gasteiger partial charge in [0.25, 0.3) is 5.91 Å². The van der Waals surface area contributed by atoms with Crippen molar-refractivity contribution < 1.29 is 14.3 Å². The molecule has 0 unspecified atom stereocenters. The predicted molar refractivity (Wildman–Crippen MR) is 160 cm³/mol. The van der Waals surface area contributed by atoms with Crippen LogP contribution in [-0.4, -0.2) is 53.1 Å². The minimum atomic E-state index is -0.592. The molecule has 41 heavy (non-hydrogen) atoms. The number of rotatable bonds is 4. The first kappa shape index (κ1) is 25.1. The van der Waals surface area contributed by atoms with Gasteiger partial charge in [0, 0.05) is 65.6 Å². The first-order valence-corrected chi connectivity index (χ1v) is 13.8. The Morgan fingerprint density at radius 1 is 0.976 bits per heavy atom. The maximum atomic E-state index is 13.2. The Hall–Kier alpha value is -4.89. The van der Waals surface area contributed by atoms with Crippen LogP contribution in [0.4, 0.5) is 16.2 Å². The number of amides is 3. The second-order valence-electron chi connectivity index (χ2n) is 10.6. The first-order chi connectivity index (χ1) is 20.0. The number of fused-ring (bicyclic) bond motifs is 4. The van der Waals surface area contributed by atoms with Crippen LogP contribution in [0.15, 0.2) is 66.9 Å². The van der Waals surface area contributed by atoms with Crippen molar-refractivity contribution >= 4 is 45.1 Å². The lowest BCUT2D eigenvalue weighted by Gasteiger charge is -2.28. The standard InChI is InChI=1S/C32H30N6O3/c1-19-23(7-4-8-26(19)36-32(40)38-17-20-5-2-3-6-21(20)18-38)25-16-34-30(31(33)39)29-28(25)24-10-9-22(15-27(24)35-29)37-11-13-41-14-12-37/h2-10,15-16,35H,11-14,17-18H2,1H3,(H2,33,39)(H,36,40). The van der Waals surface area contributed by atoms with Gasteiger partial charge in [0.15, 0.2) is 5.69 Å². The maximum Gasteiger partial charge on any atom is 0.322 e. The van der Waals surface area contributed by atoms with Gasteiger partial charge in [-0.1, -0.05) is 42.5 Å². The SMILES string of the molecule is Cc1c(NC(=O)N2Cc3ccccc3C2)cccc1-c1cnc(C(N)=O)c2[nH]c3cc(N4CCOCC4)ccc3c12. The largest absolute Gasteiger partial charge is 0.378 e. The van der Waals surface area contributed by atoms with Crippen LogP contribution in [0.2, 0.25) is 0 Å². The Morgan fingerprint density at radius 3 is 2.46 bits per heavy atom. The highest BCUT2D eigenvalue weighted by Crippen LogP contribution is 2.39. The molecular weight excluding hydrogens is 516 g/mol. The van der Waals surface area contributed by atoms with Crippen LogP contribution in [0.1, 0.15) is 27.2 Å². The van der Waals surface area contributed by atoms with Gasteiger partial charge < -0.3 is 30.6 Å². The van der Waals surface area contributed by atoms with E-state index in [0.717, 1.165) is 57.4 Å². The molecule has 9 heteroatoms. The van der Waals surface area contributed by atoms with E-state index in [9.17, 15) is 9.59 Å². The quantitative estimate of drug-likeness (QED) is 0.287. The van der Waals surface area contributed by atoms with Crippen molar-refractivity contribution in [2.24, 2.45) is 5.73 Å². The number of primary amides is 1. The smallest absolute Gasteiger partial charge is 0.322 e. The van der Waals surface area contributed by atoms with E-state index in [4.69, 9.17) is 10.5 Å². The normalized spacial score (nSPS) is 15.0. The molecule has 9 nitrogen and oxygen atoms in total. The molecule has 0 radical (unpaired) electrons. The van der Waals surface area contributed by atoms with Crippen molar-refractivity contribution in [2.75, 3.05) is 36.5 Å². The van der Waals surface area contributed by atoms with Gasteiger partial charge in [-0.05, 0) is 47.4 Å². The van der Waals surface area contributed by atoms with Crippen LogP contribution in [-0.2, 0) is 17.8 Å². The summed E-state index contributed by atoms with van der Waals surface area (Å²) in [6, 6.07) is 20.1. The molecule has 0 saturated carbocycles. The lowest BCUT2D eigenvalue weighted by molar-refractivity contribution is 0.0997. The highest BCUT2D eigenvalue weighted by atomic mass is 16.5. The summed E-state index contributed by atoms with van der Waals surface area (Å²) < 4.78 is 5.51. The second-order valence-corrected chi connectivity index (χ2v) is 10.6. The van der Waals surface area contributed by atoms with Gasteiger partial charge in [0.05, 0.1) is 18.7 Å². The number of carbonyl (C=O) groups excluding carboxylic acids is 2. The first-order valence-electron chi connectivity index (χ1n) is 13.8. The lowest BCUT2D eigenvalue weighted by Crippen LogP contribution is -2.36. The summed E-state index contributed by atoms with van der Waals surface area (Å²) in [5.41, 5.74) is 14.3. The Kier molecular flexibility index (Phi) is 6.09. The molecule has 0 bridgehead atoms. The van der Waals surface area contributed by atoms with Gasteiger partial charge in [-0.2, -0.15) is 0 Å². The molecular formula is C32H30N6O3. The molecule has 3 amide bonds. The van der Waals surface area contributed by atoms with E-state index >= 15 is 0 Å². The van der Waals surface area contributed by atoms with Crippen molar-refractivity contribution in [3.8, 4) is 11.1 Å². The maximum absolute atomic E-state index is 13.2. The van der Waals surface area contributed by atoms with Crippen LogP contribution in [0.5, 0.6) is 0 Å². The number of aromatic amines is 1. The molecule has 4 heterocycles. The molecule has 5 aromatic rings. The molecule has 0 spiro atoms. The zero-order chi connectivity index (χ0) is 28.1. The average Bonchev–Trinajstić information content (AvgIpc) is 3.60. The zero-order valence-electron chi connectivity index (χ0n) is 22.7. The number of benzene rings is 3. The van der Waals surface area contributed by atoms with E-state index in [1.54, 1.807) is 6.20 Å². The molecule has 0 atom stereocenters. The third-order valence-electron chi connectivity index (χ3n) is 8.21. The zero-order valence-corrected chi connectivity index (χ0v) is 22.7. The fourth-order valence-corrected chi connectivity index (χ4v) is 6.04. The molecule has 0 aliphatic carbocycles. The minimum Gasteiger partial charge on any atom is -0.378 e. The summed E-state index contributed by atoms with van der Waals surface area (Å²) in [5.74, 6) is -0.592. The summed E-state index contributed by atoms with van der Waals surface area (Å²) in [6.07, 6.45) is 1.70. The summed E-state index contributed by atoms with van der Waals surface area (Å²) in [6.45, 7) is 6.20. The number of carbonyl (C=O) groups is 2. The minimum absolute atomic E-state index is 0.142. The fraction of sp³-hybridized carbons (Fsp3) is 0.219. The number of pyridine rings is 1. The number of hydrogen-bond acceptors (Lipinski definition) is 5. The Bertz CT molecular complexity index is 1810. The summed E-state index contributed by atoms with van der Waals surface area (Å²) in [4.78, 5) is 37.6. The van der Waals surface area contributed by atoms with Gasteiger partial charge in [0.2, 0.25) is 0 Å². The number of nitrogens with two attached hydrogens (primary N) is 1. The van der Waals surface area contributed by atoms with E-state index < -0.39 is 5.91 Å². The number of anilines is 2. The van der Waals surface area contributed by atoms with E-state index in [0.29, 0.717) is 31.8 Å². The van der Waals surface area contributed by atoms with Crippen LogP contribution < -0.4 is 16.0 Å². The molecule has 1 fully saturated rings. The summed E-state index contributed by atoms with van der Waals surface area (Å²) in [7, 11) is 0. The number of morpholine rings is 1. The predicted octanol–water partition coefficient (Wildman–Crippen LogP) is 5.17. The lowest BCUT2D eigenvalue weighted by atomic mass is 9.96. The van der Waals surface area contributed by atoms with Gasteiger partial charge in [-0.15, -0.1) is 0 Å². The van der Waals surface area contributed by atoms with Crippen molar-refractivity contribution in [3.05, 3.63) is 89.2 Å². The third-order valence-corrected chi connectivity index (χ3v) is 8.21. The van der Waals surface area contributed by atoms with Crippen LogP contribution in [0.3, 0.4) is 0 Å². The van der Waals surface area contributed by atoms with Crippen molar-refractivity contribution in [1.29, 1.82) is 0 Å². The second kappa shape index (κ2) is 9.94. The fourth-order valence-electron chi connectivity index (χ4n) is 6.04. The number of ether oxygens (including phenoxy) is 1. The van der Waals surface area contributed by atoms with Crippen molar-refractivity contribution in [2.45, 2.75) is 20.0 Å². The van der Waals surface area contributed by atoms with E-state index in [1.165, 1.54) is 11.1 Å². The van der Waals surface area contributed by atoms with Crippen molar-refractivity contribution in [3.63, 3.8) is 0 Å². The Balaban J connectivity index is 1.28. The average molecular weight is 547 g/mol. The topological polar surface area (TPSA) is 117 Å². The van der Waals surface area contributed by atoms with Crippen molar-refractivity contribution in [1.82, 2.24) is 14.9 Å². The number of H-pyrrole nitrogens is 1.